The zero-order valence-electron chi connectivity index (χ0n) is 17.9. The van der Waals surface area contributed by atoms with Crippen LogP contribution in [0.3, 0.4) is 0 Å². The highest BCUT2D eigenvalue weighted by molar-refractivity contribution is 7.99. The predicted molar refractivity (Wildman–Crippen MR) is 126 cm³/mol. The third kappa shape index (κ3) is 5.37. The zero-order valence-corrected chi connectivity index (χ0v) is 18.7. The molecule has 1 N–H and O–H groups in total. The molecule has 6 nitrogen and oxygen atoms in total. The smallest absolute Gasteiger partial charge is 0.266 e. The van der Waals surface area contributed by atoms with Crippen LogP contribution in [0.5, 0.6) is 0 Å². The maximum Gasteiger partial charge on any atom is 0.266 e. The molecule has 8 heteroatoms. The third-order valence-corrected chi connectivity index (χ3v) is 6.59. The summed E-state index contributed by atoms with van der Waals surface area (Å²) in [6.07, 6.45) is 3.53. The van der Waals surface area contributed by atoms with Gasteiger partial charge >= 0.3 is 0 Å². The van der Waals surface area contributed by atoms with E-state index < -0.39 is 5.82 Å². The first kappa shape index (κ1) is 22.5. The summed E-state index contributed by atoms with van der Waals surface area (Å²) in [5.74, 6) is 0.146. The van der Waals surface area contributed by atoms with Gasteiger partial charge in [0, 0.05) is 25.3 Å². The van der Waals surface area contributed by atoms with E-state index >= 15 is 0 Å². The molecule has 2 heterocycles. The molecule has 1 fully saturated rings. The minimum Gasteiger partial charge on any atom is -0.355 e. The molecule has 0 atom stereocenters. The Labute approximate surface area is 190 Å². The van der Waals surface area contributed by atoms with Crippen molar-refractivity contribution in [2.45, 2.75) is 30.8 Å². The van der Waals surface area contributed by atoms with Gasteiger partial charge in [0.15, 0.2) is 5.16 Å². The molecule has 1 amide bonds. The minimum absolute atomic E-state index is 0.0303. The number of para-hydroxylation sites is 2. The topological polar surface area (TPSA) is 67.2 Å². The minimum atomic E-state index is -0.481. The molecule has 4 rings (SSSR count). The van der Waals surface area contributed by atoms with Crippen LogP contribution in [0.2, 0.25) is 0 Å². The lowest BCUT2D eigenvalue weighted by atomic mass is 10.2. The predicted octanol–water partition coefficient (Wildman–Crippen LogP) is 3.61. The van der Waals surface area contributed by atoms with E-state index in [9.17, 15) is 14.0 Å². The molecule has 1 aliphatic heterocycles. The van der Waals surface area contributed by atoms with Crippen molar-refractivity contribution >= 4 is 28.6 Å². The maximum absolute atomic E-state index is 14.5. The Bertz CT molecular complexity index is 1140. The van der Waals surface area contributed by atoms with Gasteiger partial charge in [0.2, 0.25) is 5.91 Å². The molecule has 168 valence electrons. The number of amides is 1. The number of nitrogens with zero attached hydrogens (tertiary/aromatic N) is 3. The first-order chi connectivity index (χ1) is 15.6. The number of aromatic nitrogens is 2. The second-order valence-corrected chi connectivity index (χ2v) is 8.92. The number of nitrogens with one attached hydrogen (secondary N) is 1. The molecular weight excluding hydrogens is 427 g/mol. The Balaban J connectivity index is 1.41. The molecule has 0 spiro atoms. The molecule has 1 saturated heterocycles. The van der Waals surface area contributed by atoms with Crippen LogP contribution in [0, 0.1) is 5.82 Å². The highest BCUT2D eigenvalue weighted by atomic mass is 32.2. The number of benzene rings is 2. The Morgan fingerprint density at radius 2 is 1.84 bits per heavy atom. The second kappa shape index (κ2) is 10.7. The fourth-order valence-corrected chi connectivity index (χ4v) is 4.84. The van der Waals surface area contributed by atoms with Gasteiger partial charge in [-0.1, -0.05) is 36.0 Å². The highest BCUT2D eigenvalue weighted by Crippen LogP contribution is 2.23. The van der Waals surface area contributed by atoms with E-state index in [1.54, 1.807) is 36.4 Å². The lowest BCUT2D eigenvalue weighted by Crippen LogP contribution is -2.33. The fourth-order valence-electron chi connectivity index (χ4n) is 3.90. The van der Waals surface area contributed by atoms with Crippen molar-refractivity contribution in [3.8, 4) is 5.69 Å². The van der Waals surface area contributed by atoms with Gasteiger partial charge in [-0.2, -0.15) is 0 Å². The molecule has 3 aromatic rings. The number of carbonyl (C=O) groups is 1. The Morgan fingerprint density at radius 3 is 2.66 bits per heavy atom. The van der Waals surface area contributed by atoms with Crippen LogP contribution < -0.4 is 10.9 Å². The van der Waals surface area contributed by atoms with E-state index in [4.69, 9.17) is 0 Å². The molecule has 1 aliphatic rings. The Morgan fingerprint density at radius 1 is 1.09 bits per heavy atom. The van der Waals surface area contributed by atoms with Gasteiger partial charge in [-0.15, -0.1) is 0 Å². The number of hydrogen-bond donors (Lipinski definition) is 1. The first-order valence-corrected chi connectivity index (χ1v) is 12.0. The summed E-state index contributed by atoms with van der Waals surface area (Å²) < 4.78 is 15.8. The molecule has 0 saturated carbocycles. The quantitative estimate of drug-likeness (QED) is 0.304. The molecule has 0 unspecified atom stereocenters. The van der Waals surface area contributed by atoms with Crippen LogP contribution >= 0.6 is 11.8 Å². The van der Waals surface area contributed by atoms with Gasteiger partial charge in [-0.05, 0) is 56.6 Å². The van der Waals surface area contributed by atoms with Gasteiger partial charge in [-0.3, -0.25) is 14.2 Å². The lowest BCUT2D eigenvalue weighted by molar-refractivity contribution is -0.121. The maximum atomic E-state index is 14.5. The average Bonchev–Trinajstić information content (AvgIpc) is 3.31. The molecular formula is C24H27FN4O2S. The molecule has 2 aromatic carbocycles. The van der Waals surface area contributed by atoms with E-state index in [-0.39, 0.29) is 17.2 Å². The van der Waals surface area contributed by atoms with Gasteiger partial charge in [0.1, 0.15) is 5.82 Å². The summed E-state index contributed by atoms with van der Waals surface area (Å²) in [6.45, 7) is 3.81. The Kier molecular flexibility index (Phi) is 7.55. The summed E-state index contributed by atoms with van der Waals surface area (Å²) in [7, 11) is 0. The number of thioether (sulfide) groups is 1. The standard InChI is InChI=1S/C24H27FN4O2S/c25-19-9-2-4-11-21(19)29-23(31)18-8-1-3-10-20(18)27-24(29)32-17-7-12-22(30)26-13-16-28-14-5-6-15-28/h1-4,8-11H,5-7,12-17H2,(H,26,30). The molecule has 1 aromatic heterocycles. The van der Waals surface area contributed by atoms with Crippen molar-refractivity contribution < 1.29 is 9.18 Å². The van der Waals surface area contributed by atoms with Crippen molar-refractivity contribution in [2.75, 3.05) is 31.9 Å². The lowest BCUT2D eigenvalue weighted by Gasteiger charge is -2.15. The zero-order chi connectivity index (χ0) is 22.3. The summed E-state index contributed by atoms with van der Waals surface area (Å²) in [4.78, 5) is 32.3. The highest BCUT2D eigenvalue weighted by Gasteiger charge is 2.16. The van der Waals surface area contributed by atoms with E-state index in [1.807, 2.05) is 6.07 Å². The summed E-state index contributed by atoms with van der Waals surface area (Å²) in [6, 6.07) is 13.3. The normalized spacial score (nSPS) is 14.2. The van der Waals surface area contributed by atoms with Gasteiger partial charge < -0.3 is 10.2 Å². The van der Waals surface area contributed by atoms with Crippen molar-refractivity contribution in [2.24, 2.45) is 0 Å². The van der Waals surface area contributed by atoms with Crippen LogP contribution in [-0.4, -0.2) is 52.3 Å². The third-order valence-electron chi connectivity index (χ3n) is 5.57. The number of rotatable bonds is 9. The van der Waals surface area contributed by atoms with Crippen LogP contribution in [0.15, 0.2) is 58.5 Å². The second-order valence-electron chi connectivity index (χ2n) is 7.85. The van der Waals surface area contributed by atoms with Crippen LogP contribution in [0.25, 0.3) is 16.6 Å². The van der Waals surface area contributed by atoms with Gasteiger partial charge in [-0.25, -0.2) is 9.37 Å². The van der Waals surface area contributed by atoms with Gasteiger partial charge in [0.05, 0.1) is 16.6 Å². The van der Waals surface area contributed by atoms with Crippen molar-refractivity contribution in [1.82, 2.24) is 19.8 Å². The van der Waals surface area contributed by atoms with Crippen molar-refractivity contribution in [3.63, 3.8) is 0 Å². The largest absolute Gasteiger partial charge is 0.355 e. The number of hydrogen-bond acceptors (Lipinski definition) is 5. The average molecular weight is 455 g/mol. The summed E-state index contributed by atoms with van der Waals surface area (Å²) >= 11 is 1.36. The van der Waals surface area contributed by atoms with Crippen LogP contribution in [0.1, 0.15) is 25.7 Å². The van der Waals surface area contributed by atoms with E-state index in [1.165, 1.54) is 35.2 Å². The Hall–Kier alpha value is -2.71. The van der Waals surface area contributed by atoms with E-state index in [0.717, 1.165) is 19.6 Å². The number of likely N-dealkylation sites (tertiary alicyclic amines) is 1. The molecule has 32 heavy (non-hydrogen) atoms. The number of halogens is 1. The van der Waals surface area contributed by atoms with Gasteiger partial charge in [0.25, 0.3) is 5.56 Å². The monoisotopic (exact) mass is 454 g/mol. The SMILES string of the molecule is O=C(CCCSc1nc2ccccc2c(=O)n1-c1ccccc1F)NCCN1CCCC1. The van der Waals surface area contributed by atoms with Crippen molar-refractivity contribution in [1.29, 1.82) is 0 Å². The molecule has 0 radical (unpaired) electrons. The summed E-state index contributed by atoms with van der Waals surface area (Å²) in [5, 5.41) is 3.84. The molecule has 0 bridgehead atoms. The number of fused-ring (bicyclic) bond motifs is 1. The van der Waals surface area contributed by atoms with Crippen molar-refractivity contribution in [3.05, 3.63) is 64.7 Å². The first-order valence-electron chi connectivity index (χ1n) is 11.0. The van der Waals surface area contributed by atoms with Crippen LogP contribution in [-0.2, 0) is 4.79 Å². The van der Waals surface area contributed by atoms with E-state index in [0.29, 0.717) is 41.2 Å². The summed E-state index contributed by atoms with van der Waals surface area (Å²) in [5.41, 5.74) is 0.452. The van der Waals surface area contributed by atoms with E-state index in [2.05, 4.69) is 15.2 Å². The molecule has 0 aliphatic carbocycles. The number of carbonyl (C=O) groups excluding carboxylic acids is 1. The van der Waals surface area contributed by atoms with Crippen LogP contribution in [0.4, 0.5) is 4.39 Å². The fraction of sp³-hybridized carbons (Fsp3) is 0.375.